The molecule has 0 aliphatic rings. The minimum atomic E-state index is -0.978. The minimum absolute atomic E-state index is 0.218. The molecule has 0 bridgehead atoms. The molecule has 0 unspecified atom stereocenters. The molecule has 24 heavy (non-hydrogen) atoms. The lowest BCUT2D eigenvalue weighted by molar-refractivity contribution is -0.111. The Balaban J connectivity index is 1.92. The predicted molar refractivity (Wildman–Crippen MR) is 96.9 cm³/mol. The molecule has 6 heteroatoms. The molecule has 1 heterocycles. The van der Waals surface area contributed by atoms with Crippen molar-refractivity contribution >= 4 is 28.5 Å². The zero-order valence-corrected chi connectivity index (χ0v) is 14.3. The second kappa shape index (κ2) is 9.75. The molecule has 1 atom stereocenters. The number of benzene rings is 1. The number of hydrogen-bond acceptors (Lipinski definition) is 4. The van der Waals surface area contributed by atoms with Gasteiger partial charge in [0.15, 0.2) is 0 Å². The summed E-state index contributed by atoms with van der Waals surface area (Å²) in [6.45, 7) is 0.475. The second-order valence-corrected chi connectivity index (χ2v) is 6.66. The van der Waals surface area contributed by atoms with Gasteiger partial charge in [-0.3, -0.25) is 14.0 Å². The monoisotopic (exact) mass is 344 g/mol. The molecule has 0 aliphatic heterocycles. The van der Waals surface area contributed by atoms with Gasteiger partial charge in [-0.1, -0.05) is 12.1 Å². The molecule has 126 valence electrons. The lowest BCUT2D eigenvalue weighted by Gasteiger charge is -2.06. The van der Waals surface area contributed by atoms with Crippen LogP contribution in [0.2, 0.25) is 0 Å². The maximum Gasteiger partial charge on any atom is 0.248 e. The lowest BCUT2D eigenvalue weighted by Crippen LogP contribution is -2.09. The van der Waals surface area contributed by atoms with Crippen LogP contribution in [-0.2, 0) is 26.1 Å². The SMILES string of the molecule is COCC[S@@](=O)Cc1cccc(NC(=O)/C=C\c2ccncc2)c1. The number of carbonyl (C=O) groups is 1. The van der Waals surface area contributed by atoms with Gasteiger partial charge in [-0.15, -0.1) is 0 Å². The summed E-state index contributed by atoms with van der Waals surface area (Å²) in [7, 11) is 0.612. The van der Waals surface area contributed by atoms with Gasteiger partial charge in [0.05, 0.1) is 6.61 Å². The van der Waals surface area contributed by atoms with E-state index in [0.29, 0.717) is 23.8 Å². The smallest absolute Gasteiger partial charge is 0.248 e. The maximum absolute atomic E-state index is 12.0. The highest BCUT2D eigenvalue weighted by atomic mass is 32.2. The number of ether oxygens (including phenoxy) is 1. The summed E-state index contributed by atoms with van der Waals surface area (Å²) < 4.78 is 16.8. The molecule has 0 spiro atoms. The normalized spacial score (nSPS) is 12.2. The maximum atomic E-state index is 12.0. The van der Waals surface area contributed by atoms with Crippen molar-refractivity contribution in [2.24, 2.45) is 0 Å². The van der Waals surface area contributed by atoms with Crippen LogP contribution in [0.5, 0.6) is 0 Å². The lowest BCUT2D eigenvalue weighted by atomic mass is 10.2. The molecule has 1 N–H and O–H groups in total. The Hall–Kier alpha value is -2.31. The molecule has 5 nitrogen and oxygen atoms in total. The third-order valence-electron chi connectivity index (χ3n) is 3.17. The molecule has 1 amide bonds. The molecule has 2 aromatic rings. The summed E-state index contributed by atoms with van der Waals surface area (Å²) in [5, 5.41) is 2.80. The third-order valence-corrected chi connectivity index (χ3v) is 4.45. The summed E-state index contributed by atoms with van der Waals surface area (Å²) in [5.41, 5.74) is 2.50. The number of nitrogens with one attached hydrogen (secondary N) is 1. The summed E-state index contributed by atoms with van der Waals surface area (Å²) >= 11 is 0. The van der Waals surface area contributed by atoms with Crippen molar-refractivity contribution in [3.63, 3.8) is 0 Å². The van der Waals surface area contributed by atoms with Crippen molar-refractivity contribution in [1.29, 1.82) is 0 Å². The summed E-state index contributed by atoms with van der Waals surface area (Å²) in [6, 6.07) is 11.0. The van der Waals surface area contributed by atoms with Crippen molar-refractivity contribution < 1.29 is 13.7 Å². The standard InChI is InChI=1S/C18H20N2O3S/c1-23-11-12-24(22)14-16-3-2-4-17(13-16)20-18(21)6-5-15-7-9-19-10-8-15/h2-10,13H,11-12,14H2,1H3,(H,20,21)/b6-5-/t24-/m1/s1. The number of hydrogen-bond donors (Lipinski definition) is 1. The first-order valence-electron chi connectivity index (χ1n) is 7.49. The Morgan fingerprint density at radius 1 is 1.29 bits per heavy atom. The first-order valence-corrected chi connectivity index (χ1v) is 8.98. The van der Waals surface area contributed by atoms with Gasteiger partial charge >= 0.3 is 0 Å². The largest absolute Gasteiger partial charge is 0.384 e. The Morgan fingerprint density at radius 3 is 2.83 bits per heavy atom. The van der Waals surface area contributed by atoms with Crippen LogP contribution >= 0.6 is 0 Å². The van der Waals surface area contributed by atoms with E-state index in [0.717, 1.165) is 11.1 Å². The number of nitrogens with zero attached hydrogens (tertiary/aromatic N) is 1. The van der Waals surface area contributed by atoms with E-state index in [1.807, 2.05) is 30.3 Å². The summed E-state index contributed by atoms with van der Waals surface area (Å²) in [6.07, 6.45) is 6.54. The van der Waals surface area contributed by atoms with Crippen molar-refractivity contribution in [3.05, 3.63) is 66.0 Å². The van der Waals surface area contributed by atoms with E-state index < -0.39 is 10.8 Å². The number of rotatable bonds is 8. The quantitative estimate of drug-likeness (QED) is 0.748. The van der Waals surface area contributed by atoms with Crippen LogP contribution < -0.4 is 5.32 Å². The van der Waals surface area contributed by atoms with E-state index in [-0.39, 0.29) is 5.91 Å². The van der Waals surface area contributed by atoms with E-state index in [1.165, 1.54) is 6.08 Å². The molecule has 2 rings (SSSR count). The third kappa shape index (κ3) is 6.44. The minimum Gasteiger partial charge on any atom is -0.384 e. The predicted octanol–water partition coefficient (Wildman–Crippen LogP) is 2.63. The second-order valence-electron chi connectivity index (χ2n) is 5.08. The highest BCUT2D eigenvalue weighted by Gasteiger charge is 2.04. The zero-order chi connectivity index (χ0) is 17.2. The molecule has 0 fully saturated rings. The number of methoxy groups -OCH3 is 1. The van der Waals surface area contributed by atoms with Crippen molar-refractivity contribution in [2.45, 2.75) is 5.75 Å². The van der Waals surface area contributed by atoms with Crippen LogP contribution in [0.25, 0.3) is 6.08 Å². The van der Waals surface area contributed by atoms with Gasteiger partial charge in [0.25, 0.3) is 0 Å². The number of anilines is 1. The first kappa shape index (κ1) is 18.0. The van der Waals surface area contributed by atoms with Crippen molar-refractivity contribution in [2.75, 3.05) is 24.8 Å². The zero-order valence-electron chi connectivity index (χ0n) is 13.5. The molecule has 0 radical (unpaired) electrons. The Labute approximate surface area is 144 Å². The summed E-state index contributed by atoms with van der Waals surface area (Å²) in [5.74, 6) is 0.728. The Kier molecular flexibility index (Phi) is 7.32. The van der Waals surface area contributed by atoms with E-state index >= 15 is 0 Å². The van der Waals surface area contributed by atoms with Crippen molar-refractivity contribution in [3.8, 4) is 0 Å². The van der Waals surface area contributed by atoms with Crippen LogP contribution in [0.1, 0.15) is 11.1 Å². The number of aromatic nitrogens is 1. The highest BCUT2D eigenvalue weighted by Crippen LogP contribution is 2.13. The van der Waals surface area contributed by atoms with Gasteiger partial charge in [-0.25, -0.2) is 0 Å². The number of amides is 1. The van der Waals surface area contributed by atoms with E-state index in [2.05, 4.69) is 10.3 Å². The molecular formula is C18H20N2O3S. The number of carbonyl (C=O) groups excluding carboxylic acids is 1. The Morgan fingerprint density at radius 2 is 2.08 bits per heavy atom. The molecule has 1 aromatic heterocycles. The van der Waals surface area contributed by atoms with Gasteiger partial charge in [0.2, 0.25) is 5.91 Å². The summed E-state index contributed by atoms with van der Waals surface area (Å²) in [4.78, 5) is 15.9. The number of pyridine rings is 1. The highest BCUT2D eigenvalue weighted by molar-refractivity contribution is 7.84. The molecule has 0 saturated carbocycles. The fourth-order valence-electron chi connectivity index (χ4n) is 2.00. The van der Waals surface area contributed by atoms with E-state index in [9.17, 15) is 9.00 Å². The van der Waals surface area contributed by atoms with Crippen LogP contribution in [0.3, 0.4) is 0 Å². The van der Waals surface area contributed by atoms with E-state index in [1.54, 1.807) is 31.6 Å². The van der Waals surface area contributed by atoms with Crippen molar-refractivity contribution in [1.82, 2.24) is 4.98 Å². The average molecular weight is 344 g/mol. The van der Waals surface area contributed by atoms with Gasteiger partial charge in [0.1, 0.15) is 0 Å². The van der Waals surface area contributed by atoms with E-state index in [4.69, 9.17) is 4.74 Å². The molecular weight excluding hydrogens is 324 g/mol. The van der Waals surface area contributed by atoms with Gasteiger partial charge in [-0.2, -0.15) is 0 Å². The van der Waals surface area contributed by atoms with Gasteiger partial charge in [-0.05, 0) is 41.5 Å². The van der Waals surface area contributed by atoms with Gasteiger partial charge in [0, 0.05) is 53.6 Å². The first-order chi connectivity index (χ1) is 11.7. The fraction of sp³-hybridized carbons (Fsp3) is 0.222. The van der Waals surface area contributed by atoms with Crippen LogP contribution in [0.4, 0.5) is 5.69 Å². The fourth-order valence-corrected chi connectivity index (χ4v) is 3.05. The molecule has 0 saturated heterocycles. The van der Waals surface area contributed by atoms with Crippen LogP contribution in [0, 0.1) is 0 Å². The van der Waals surface area contributed by atoms with Crippen LogP contribution in [-0.4, -0.2) is 34.6 Å². The topological polar surface area (TPSA) is 68.3 Å². The average Bonchev–Trinajstić information content (AvgIpc) is 2.59. The Bertz CT molecular complexity index is 717. The van der Waals surface area contributed by atoms with Gasteiger partial charge < -0.3 is 10.1 Å². The molecule has 0 aliphatic carbocycles. The van der Waals surface area contributed by atoms with Crippen LogP contribution in [0.15, 0.2) is 54.9 Å². The molecule has 1 aromatic carbocycles.